The van der Waals surface area contributed by atoms with E-state index in [9.17, 15) is 5.26 Å². The fourth-order valence-corrected chi connectivity index (χ4v) is 2.54. The Morgan fingerprint density at radius 3 is 2.64 bits per heavy atom. The number of nitrogens with one attached hydrogen (secondary N) is 1. The quantitative estimate of drug-likeness (QED) is 0.898. The van der Waals surface area contributed by atoms with Gasteiger partial charge in [0.2, 0.25) is 5.95 Å². The van der Waals surface area contributed by atoms with Crippen LogP contribution in [0.4, 0.5) is 11.8 Å². The molecule has 0 amide bonds. The van der Waals surface area contributed by atoms with Crippen molar-refractivity contribution in [2.45, 2.75) is 45.6 Å². The summed E-state index contributed by atoms with van der Waals surface area (Å²) in [4.78, 5) is 8.30. The van der Waals surface area contributed by atoms with Gasteiger partial charge in [0.05, 0.1) is 6.26 Å². The van der Waals surface area contributed by atoms with Crippen LogP contribution >= 0.6 is 0 Å². The molecule has 2 aromatic rings. The summed E-state index contributed by atoms with van der Waals surface area (Å²) in [5, 5.41) is 12.7. The van der Waals surface area contributed by atoms with Gasteiger partial charge in [-0.05, 0) is 25.0 Å². The number of furan rings is 1. The molecule has 116 valence electrons. The van der Waals surface area contributed by atoms with E-state index in [-0.39, 0.29) is 5.95 Å². The Bertz CT molecular complexity index is 639. The average Bonchev–Trinajstić information content (AvgIpc) is 3.22. The largest absolute Gasteiger partial charge is 0.463 e. The topological polar surface area (TPSA) is 101 Å². The highest BCUT2D eigenvalue weighted by Gasteiger charge is 2.21. The summed E-state index contributed by atoms with van der Waals surface area (Å²) in [7, 11) is 0. The van der Waals surface area contributed by atoms with Gasteiger partial charge in [-0.3, -0.25) is 0 Å². The molecule has 6 nitrogen and oxygen atoms in total. The number of hydrogen-bond acceptors (Lipinski definition) is 6. The lowest BCUT2D eigenvalue weighted by Crippen LogP contribution is -2.18. The van der Waals surface area contributed by atoms with Gasteiger partial charge in [0.15, 0.2) is 11.6 Å². The lowest BCUT2D eigenvalue weighted by atomic mass is 10.1. The SMILES string of the molecule is CC.N#Cc1c(NC2CCCC2)nc(N)nc1-c1ccco1. The van der Waals surface area contributed by atoms with E-state index in [4.69, 9.17) is 10.2 Å². The number of hydrogen-bond donors (Lipinski definition) is 2. The third kappa shape index (κ3) is 3.37. The number of nitriles is 1. The summed E-state index contributed by atoms with van der Waals surface area (Å²) in [6, 6.07) is 6.00. The van der Waals surface area contributed by atoms with Crippen LogP contribution in [0.3, 0.4) is 0 Å². The summed E-state index contributed by atoms with van der Waals surface area (Å²) in [6.07, 6.45) is 6.12. The zero-order chi connectivity index (χ0) is 15.9. The molecule has 2 aromatic heterocycles. The molecule has 3 rings (SSSR count). The van der Waals surface area contributed by atoms with Crippen LogP contribution in [0.5, 0.6) is 0 Å². The summed E-state index contributed by atoms with van der Waals surface area (Å²) in [5.41, 5.74) is 6.56. The van der Waals surface area contributed by atoms with E-state index in [2.05, 4.69) is 21.4 Å². The minimum Gasteiger partial charge on any atom is -0.463 e. The molecule has 0 radical (unpaired) electrons. The van der Waals surface area contributed by atoms with Gasteiger partial charge in [0.25, 0.3) is 0 Å². The van der Waals surface area contributed by atoms with E-state index in [1.165, 1.54) is 12.8 Å². The summed E-state index contributed by atoms with van der Waals surface area (Å²) in [5.74, 6) is 1.15. The highest BCUT2D eigenvalue weighted by Crippen LogP contribution is 2.29. The molecule has 3 N–H and O–H groups in total. The van der Waals surface area contributed by atoms with Crippen molar-refractivity contribution in [1.82, 2.24) is 9.97 Å². The molecule has 0 spiro atoms. The number of aromatic nitrogens is 2. The van der Waals surface area contributed by atoms with E-state index in [1.807, 2.05) is 13.8 Å². The van der Waals surface area contributed by atoms with E-state index >= 15 is 0 Å². The predicted molar refractivity (Wildman–Crippen MR) is 86.1 cm³/mol. The summed E-state index contributed by atoms with van der Waals surface area (Å²) < 4.78 is 5.32. The maximum atomic E-state index is 9.41. The van der Waals surface area contributed by atoms with Gasteiger partial charge in [-0.15, -0.1) is 0 Å². The molecule has 1 aliphatic rings. The smallest absolute Gasteiger partial charge is 0.222 e. The predicted octanol–water partition coefficient (Wildman–Crippen LogP) is 3.57. The van der Waals surface area contributed by atoms with Crippen molar-refractivity contribution < 1.29 is 4.42 Å². The molecule has 2 heterocycles. The van der Waals surface area contributed by atoms with Crippen molar-refractivity contribution in [3.8, 4) is 17.5 Å². The second-order valence-electron chi connectivity index (χ2n) is 4.87. The minimum atomic E-state index is 0.135. The second-order valence-corrected chi connectivity index (χ2v) is 4.87. The lowest BCUT2D eigenvalue weighted by Gasteiger charge is -2.15. The molecular weight excluding hydrogens is 278 g/mol. The Hall–Kier alpha value is -2.55. The van der Waals surface area contributed by atoms with E-state index in [0.29, 0.717) is 28.9 Å². The van der Waals surface area contributed by atoms with Gasteiger partial charge in [0.1, 0.15) is 17.3 Å². The Morgan fingerprint density at radius 1 is 1.32 bits per heavy atom. The van der Waals surface area contributed by atoms with Crippen LogP contribution in [0.1, 0.15) is 45.1 Å². The average molecular weight is 299 g/mol. The molecule has 1 fully saturated rings. The molecule has 1 aliphatic carbocycles. The van der Waals surface area contributed by atoms with Gasteiger partial charge < -0.3 is 15.5 Å². The Kier molecular flexibility index (Phi) is 5.37. The van der Waals surface area contributed by atoms with Crippen molar-refractivity contribution in [1.29, 1.82) is 5.26 Å². The number of anilines is 2. The molecule has 0 aliphatic heterocycles. The highest BCUT2D eigenvalue weighted by molar-refractivity contribution is 5.71. The molecule has 0 bridgehead atoms. The molecule has 1 saturated carbocycles. The first kappa shape index (κ1) is 15.8. The molecular formula is C16H21N5O. The maximum absolute atomic E-state index is 9.41. The molecule has 0 unspecified atom stereocenters. The third-order valence-electron chi connectivity index (χ3n) is 3.49. The fraction of sp³-hybridized carbons (Fsp3) is 0.438. The highest BCUT2D eigenvalue weighted by atomic mass is 16.3. The first-order valence-electron chi connectivity index (χ1n) is 7.66. The number of nitrogens with zero attached hydrogens (tertiary/aromatic N) is 3. The standard InChI is InChI=1S/C14H15N5O.C2H6/c15-8-10-12(11-6-3-7-20-11)18-14(16)19-13(10)17-9-4-1-2-5-9;1-2/h3,6-7,9H,1-2,4-5H2,(H3,16,17,18,19);1-2H3. The number of nitrogens with two attached hydrogens (primary N) is 1. The van der Waals surface area contributed by atoms with Crippen molar-refractivity contribution in [2.24, 2.45) is 0 Å². The van der Waals surface area contributed by atoms with E-state index in [1.54, 1.807) is 18.4 Å². The first-order chi connectivity index (χ1) is 10.8. The third-order valence-corrected chi connectivity index (χ3v) is 3.49. The molecule has 6 heteroatoms. The van der Waals surface area contributed by atoms with Crippen LogP contribution in [-0.4, -0.2) is 16.0 Å². The Balaban J connectivity index is 0.000000847. The van der Waals surface area contributed by atoms with Gasteiger partial charge in [0, 0.05) is 6.04 Å². The van der Waals surface area contributed by atoms with Crippen molar-refractivity contribution in [3.05, 3.63) is 24.0 Å². The van der Waals surface area contributed by atoms with Crippen molar-refractivity contribution >= 4 is 11.8 Å². The monoisotopic (exact) mass is 299 g/mol. The summed E-state index contributed by atoms with van der Waals surface area (Å²) >= 11 is 0. The normalized spacial score (nSPS) is 14.0. The van der Waals surface area contributed by atoms with Crippen LogP contribution in [0.15, 0.2) is 22.8 Å². The van der Waals surface area contributed by atoms with E-state index in [0.717, 1.165) is 12.8 Å². The van der Waals surface area contributed by atoms with Crippen LogP contribution in [0.2, 0.25) is 0 Å². The Morgan fingerprint density at radius 2 is 2.05 bits per heavy atom. The molecule has 22 heavy (non-hydrogen) atoms. The number of nitrogen functional groups attached to an aromatic ring is 1. The maximum Gasteiger partial charge on any atom is 0.222 e. The second kappa shape index (κ2) is 7.46. The summed E-state index contributed by atoms with van der Waals surface area (Å²) in [6.45, 7) is 4.00. The molecule has 0 atom stereocenters. The van der Waals surface area contributed by atoms with E-state index < -0.39 is 0 Å². The Labute approximate surface area is 130 Å². The van der Waals surface area contributed by atoms with Crippen LogP contribution in [0, 0.1) is 11.3 Å². The fourth-order valence-electron chi connectivity index (χ4n) is 2.54. The van der Waals surface area contributed by atoms with Crippen molar-refractivity contribution in [2.75, 3.05) is 11.1 Å². The van der Waals surface area contributed by atoms with Gasteiger partial charge in [-0.1, -0.05) is 26.7 Å². The van der Waals surface area contributed by atoms with Crippen LogP contribution < -0.4 is 11.1 Å². The van der Waals surface area contributed by atoms with Gasteiger partial charge >= 0.3 is 0 Å². The minimum absolute atomic E-state index is 0.135. The van der Waals surface area contributed by atoms with Crippen LogP contribution in [0.25, 0.3) is 11.5 Å². The van der Waals surface area contributed by atoms with Crippen LogP contribution in [-0.2, 0) is 0 Å². The first-order valence-corrected chi connectivity index (χ1v) is 7.66. The number of rotatable bonds is 3. The zero-order valence-corrected chi connectivity index (χ0v) is 13.0. The lowest BCUT2D eigenvalue weighted by molar-refractivity contribution is 0.579. The molecule has 0 saturated heterocycles. The van der Waals surface area contributed by atoms with Gasteiger partial charge in [-0.2, -0.15) is 10.2 Å². The van der Waals surface area contributed by atoms with Crippen molar-refractivity contribution in [3.63, 3.8) is 0 Å². The van der Waals surface area contributed by atoms with Gasteiger partial charge in [-0.25, -0.2) is 4.98 Å². The zero-order valence-electron chi connectivity index (χ0n) is 13.0. The molecule has 0 aromatic carbocycles.